The van der Waals surface area contributed by atoms with E-state index in [0.717, 1.165) is 6.61 Å². The fraction of sp³-hybridized carbons (Fsp3) is 0.867. The van der Waals surface area contributed by atoms with Crippen LogP contribution in [-0.2, 0) is 19.1 Å². The van der Waals surface area contributed by atoms with Crippen molar-refractivity contribution in [3.8, 4) is 0 Å². The first-order valence-electron chi connectivity index (χ1n) is 7.57. The molecule has 1 fully saturated rings. The van der Waals surface area contributed by atoms with Crippen molar-refractivity contribution in [2.24, 2.45) is 5.92 Å². The molecular weight excluding hydrogens is 258 g/mol. The number of esters is 1. The highest BCUT2D eigenvalue weighted by Gasteiger charge is 2.16. The molecule has 1 atom stereocenters. The zero-order valence-corrected chi connectivity index (χ0v) is 12.7. The van der Waals surface area contributed by atoms with Crippen molar-refractivity contribution in [2.45, 2.75) is 58.0 Å². The highest BCUT2D eigenvalue weighted by molar-refractivity contribution is 5.77. The molecule has 20 heavy (non-hydrogen) atoms. The third kappa shape index (κ3) is 7.48. The molecule has 1 N–H and O–H groups in total. The van der Waals surface area contributed by atoms with E-state index in [2.05, 4.69) is 10.1 Å². The maximum absolute atomic E-state index is 11.6. The first-order chi connectivity index (χ1) is 9.61. The zero-order valence-electron chi connectivity index (χ0n) is 12.7. The van der Waals surface area contributed by atoms with Gasteiger partial charge in [0.25, 0.3) is 0 Å². The molecule has 0 heterocycles. The number of carbonyl (C=O) groups is 2. The lowest BCUT2D eigenvalue weighted by Crippen LogP contribution is -2.30. The minimum atomic E-state index is -0.313. The summed E-state index contributed by atoms with van der Waals surface area (Å²) in [4.78, 5) is 22.5. The van der Waals surface area contributed by atoms with Gasteiger partial charge in [-0.3, -0.25) is 9.59 Å². The summed E-state index contributed by atoms with van der Waals surface area (Å²) in [7, 11) is 1.34. The molecule has 116 valence electrons. The SMILES string of the molecule is COC(=O)CCNC(=O)CC(C)OCC1CCCCC1. The van der Waals surface area contributed by atoms with Crippen LogP contribution in [0.15, 0.2) is 0 Å². The van der Waals surface area contributed by atoms with Gasteiger partial charge in [-0.1, -0.05) is 19.3 Å². The van der Waals surface area contributed by atoms with Gasteiger partial charge in [-0.15, -0.1) is 0 Å². The average molecular weight is 285 g/mol. The van der Waals surface area contributed by atoms with Crippen LogP contribution in [0.4, 0.5) is 0 Å². The minimum absolute atomic E-state index is 0.0740. The van der Waals surface area contributed by atoms with Crippen LogP contribution < -0.4 is 5.32 Å². The summed E-state index contributed by atoms with van der Waals surface area (Å²) in [5.41, 5.74) is 0. The minimum Gasteiger partial charge on any atom is -0.469 e. The third-order valence-corrected chi connectivity index (χ3v) is 3.69. The van der Waals surface area contributed by atoms with Gasteiger partial charge in [-0.05, 0) is 25.7 Å². The normalized spacial score (nSPS) is 17.5. The molecule has 0 radical (unpaired) electrons. The lowest BCUT2D eigenvalue weighted by atomic mass is 9.90. The summed E-state index contributed by atoms with van der Waals surface area (Å²) in [6.07, 6.45) is 6.92. The first kappa shape index (κ1) is 17.0. The summed E-state index contributed by atoms with van der Waals surface area (Å²) in [6, 6.07) is 0. The summed E-state index contributed by atoms with van der Waals surface area (Å²) < 4.78 is 10.3. The number of methoxy groups -OCH3 is 1. The van der Waals surface area contributed by atoms with Crippen LogP contribution in [0.3, 0.4) is 0 Å². The second-order valence-electron chi connectivity index (χ2n) is 5.53. The topological polar surface area (TPSA) is 64.6 Å². The summed E-state index contributed by atoms with van der Waals surface area (Å²) >= 11 is 0. The van der Waals surface area contributed by atoms with Crippen LogP contribution in [0, 0.1) is 5.92 Å². The van der Waals surface area contributed by atoms with Crippen LogP contribution in [0.25, 0.3) is 0 Å². The van der Waals surface area contributed by atoms with Crippen molar-refractivity contribution in [2.75, 3.05) is 20.3 Å². The summed E-state index contributed by atoms with van der Waals surface area (Å²) in [5.74, 6) is 0.269. The molecule has 0 saturated heterocycles. The first-order valence-corrected chi connectivity index (χ1v) is 7.57. The Bertz CT molecular complexity index is 300. The molecule has 0 bridgehead atoms. The predicted molar refractivity (Wildman–Crippen MR) is 76.2 cm³/mol. The van der Waals surface area contributed by atoms with Crippen molar-refractivity contribution in [3.63, 3.8) is 0 Å². The Morgan fingerprint density at radius 3 is 2.60 bits per heavy atom. The van der Waals surface area contributed by atoms with E-state index in [1.165, 1.54) is 39.2 Å². The van der Waals surface area contributed by atoms with E-state index in [0.29, 0.717) is 18.9 Å². The van der Waals surface area contributed by atoms with E-state index in [1.807, 2.05) is 6.92 Å². The van der Waals surface area contributed by atoms with Crippen LogP contribution in [-0.4, -0.2) is 38.2 Å². The van der Waals surface area contributed by atoms with Gasteiger partial charge in [-0.25, -0.2) is 0 Å². The van der Waals surface area contributed by atoms with E-state index < -0.39 is 0 Å². The smallest absolute Gasteiger partial charge is 0.307 e. The molecule has 0 spiro atoms. The molecule has 1 amide bonds. The Morgan fingerprint density at radius 2 is 1.95 bits per heavy atom. The molecule has 0 aliphatic heterocycles. The Hall–Kier alpha value is -1.10. The van der Waals surface area contributed by atoms with Crippen LogP contribution in [0.5, 0.6) is 0 Å². The Morgan fingerprint density at radius 1 is 1.25 bits per heavy atom. The molecule has 5 nitrogen and oxygen atoms in total. The maximum Gasteiger partial charge on any atom is 0.307 e. The standard InChI is InChI=1S/C15H27NO4/c1-12(20-11-13-6-4-3-5-7-13)10-14(17)16-9-8-15(18)19-2/h12-13H,3-11H2,1-2H3,(H,16,17). The monoisotopic (exact) mass is 285 g/mol. The summed E-state index contributed by atoms with van der Waals surface area (Å²) in [6.45, 7) is 3.00. The fourth-order valence-electron chi connectivity index (χ4n) is 2.45. The van der Waals surface area contributed by atoms with E-state index >= 15 is 0 Å². The van der Waals surface area contributed by atoms with Gasteiger partial charge in [-0.2, -0.15) is 0 Å². The number of rotatable bonds is 8. The third-order valence-electron chi connectivity index (χ3n) is 3.69. The largest absolute Gasteiger partial charge is 0.469 e. The molecule has 1 saturated carbocycles. The molecule has 1 unspecified atom stereocenters. The zero-order chi connectivity index (χ0) is 14.8. The van der Waals surface area contributed by atoms with Gasteiger partial charge in [0.05, 0.1) is 26.1 Å². The number of amides is 1. The number of ether oxygens (including phenoxy) is 2. The maximum atomic E-state index is 11.6. The Kier molecular flexibility index (Phi) is 8.26. The van der Waals surface area contributed by atoms with Crippen molar-refractivity contribution < 1.29 is 19.1 Å². The van der Waals surface area contributed by atoms with Gasteiger partial charge in [0, 0.05) is 13.2 Å². The molecule has 1 aliphatic rings. The molecule has 5 heteroatoms. The van der Waals surface area contributed by atoms with Crippen molar-refractivity contribution in [1.82, 2.24) is 5.32 Å². The van der Waals surface area contributed by atoms with Gasteiger partial charge < -0.3 is 14.8 Å². The highest BCUT2D eigenvalue weighted by atomic mass is 16.5. The molecule has 1 aliphatic carbocycles. The Labute approximate surface area is 121 Å². The van der Waals surface area contributed by atoms with Crippen molar-refractivity contribution >= 4 is 11.9 Å². The van der Waals surface area contributed by atoms with Gasteiger partial charge in [0.1, 0.15) is 0 Å². The number of hydrogen-bond acceptors (Lipinski definition) is 4. The quantitative estimate of drug-likeness (QED) is 0.693. The Balaban J connectivity index is 2.06. The number of carbonyl (C=O) groups excluding carboxylic acids is 2. The molecule has 0 aromatic rings. The van der Waals surface area contributed by atoms with Gasteiger partial charge in [0.15, 0.2) is 0 Å². The van der Waals surface area contributed by atoms with Crippen LogP contribution in [0.2, 0.25) is 0 Å². The van der Waals surface area contributed by atoms with Crippen molar-refractivity contribution in [1.29, 1.82) is 0 Å². The van der Waals surface area contributed by atoms with E-state index in [9.17, 15) is 9.59 Å². The lowest BCUT2D eigenvalue weighted by Gasteiger charge is -2.23. The van der Waals surface area contributed by atoms with Gasteiger partial charge in [0.2, 0.25) is 5.91 Å². The van der Waals surface area contributed by atoms with E-state index in [-0.39, 0.29) is 24.4 Å². The fourth-order valence-corrected chi connectivity index (χ4v) is 2.45. The van der Waals surface area contributed by atoms with E-state index in [1.54, 1.807) is 0 Å². The molecule has 1 rings (SSSR count). The van der Waals surface area contributed by atoms with Crippen LogP contribution in [0.1, 0.15) is 51.9 Å². The van der Waals surface area contributed by atoms with Crippen LogP contribution >= 0.6 is 0 Å². The lowest BCUT2D eigenvalue weighted by molar-refractivity contribution is -0.140. The average Bonchev–Trinajstić information content (AvgIpc) is 2.46. The number of hydrogen-bond donors (Lipinski definition) is 1. The second kappa shape index (κ2) is 9.75. The second-order valence-corrected chi connectivity index (χ2v) is 5.53. The molecular formula is C15H27NO4. The summed E-state index contributed by atoms with van der Waals surface area (Å²) in [5, 5.41) is 2.70. The number of nitrogens with one attached hydrogen (secondary N) is 1. The van der Waals surface area contributed by atoms with E-state index in [4.69, 9.17) is 4.74 Å². The highest BCUT2D eigenvalue weighted by Crippen LogP contribution is 2.24. The predicted octanol–water partition coefficient (Wildman–Crippen LogP) is 2.04. The van der Waals surface area contributed by atoms with Crippen molar-refractivity contribution in [3.05, 3.63) is 0 Å². The molecule has 0 aromatic heterocycles. The van der Waals surface area contributed by atoms with Gasteiger partial charge >= 0.3 is 5.97 Å². The molecule has 0 aromatic carbocycles.